The fourth-order valence-corrected chi connectivity index (χ4v) is 2.24. The van der Waals surface area contributed by atoms with E-state index in [0.29, 0.717) is 6.54 Å². The molecule has 2 aromatic rings. The molecule has 5 heteroatoms. The van der Waals surface area contributed by atoms with E-state index < -0.39 is 0 Å². The molecule has 4 nitrogen and oxygen atoms in total. The van der Waals surface area contributed by atoms with Gasteiger partial charge in [0.2, 0.25) is 0 Å². The van der Waals surface area contributed by atoms with Gasteiger partial charge in [0.1, 0.15) is 11.5 Å². The van der Waals surface area contributed by atoms with Crippen molar-refractivity contribution in [3.63, 3.8) is 0 Å². The van der Waals surface area contributed by atoms with Crippen LogP contribution in [0, 0.1) is 0 Å². The molecule has 21 heavy (non-hydrogen) atoms. The van der Waals surface area contributed by atoms with E-state index in [1.54, 1.807) is 0 Å². The summed E-state index contributed by atoms with van der Waals surface area (Å²) in [7, 11) is 1.40. The fourth-order valence-electron chi connectivity index (χ4n) is 1.98. The zero-order chi connectivity index (χ0) is 15.2. The molecular formula is C16H18BrNO3. The summed E-state index contributed by atoms with van der Waals surface area (Å²) in [6, 6.07) is 11.8. The fraction of sp³-hybridized carbons (Fsp3) is 0.312. The molecule has 112 valence electrons. The summed E-state index contributed by atoms with van der Waals surface area (Å²) in [4.78, 5) is 13.3. The molecule has 1 heterocycles. The highest BCUT2D eigenvalue weighted by atomic mass is 79.9. The normalized spacial score (nSPS) is 10.9. The molecule has 0 unspecified atom stereocenters. The molecule has 1 aromatic heterocycles. The Kier molecular flexibility index (Phi) is 5.59. The Morgan fingerprint density at radius 2 is 1.95 bits per heavy atom. The molecule has 2 rings (SSSR count). The molecule has 0 saturated carbocycles. The smallest absolute Gasteiger partial charge is 0.319 e. The molecule has 1 aromatic carbocycles. The largest absolute Gasteiger partial charge is 0.468 e. The number of nitrogens with zero attached hydrogens (tertiary/aromatic N) is 1. The quantitative estimate of drug-likeness (QED) is 0.744. The van der Waals surface area contributed by atoms with Crippen molar-refractivity contribution in [3.8, 4) is 11.3 Å². The number of hydrogen-bond donors (Lipinski definition) is 0. The molecule has 0 fully saturated rings. The van der Waals surface area contributed by atoms with E-state index in [9.17, 15) is 4.79 Å². The molecule has 0 saturated heterocycles. The van der Waals surface area contributed by atoms with E-state index in [4.69, 9.17) is 9.15 Å². The second kappa shape index (κ2) is 7.43. The van der Waals surface area contributed by atoms with Crippen LogP contribution in [0.3, 0.4) is 0 Å². The van der Waals surface area contributed by atoms with Crippen molar-refractivity contribution in [3.05, 3.63) is 46.6 Å². The molecule has 0 radical (unpaired) electrons. The van der Waals surface area contributed by atoms with Crippen molar-refractivity contribution < 1.29 is 13.9 Å². The first kappa shape index (κ1) is 15.8. The van der Waals surface area contributed by atoms with Crippen LogP contribution in [-0.2, 0) is 16.1 Å². The summed E-state index contributed by atoms with van der Waals surface area (Å²) in [5, 5.41) is 0. The topological polar surface area (TPSA) is 42.7 Å². The number of likely N-dealkylation sites (N-methyl/N-ethyl adjacent to an activating group) is 1. The predicted molar refractivity (Wildman–Crippen MR) is 84.8 cm³/mol. The maximum absolute atomic E-state index is 11.3. The first-order chi connectivity index (χ1) is 10.1. The minimum atomic E-state index is -0.239. The highest BCUT2D eigenvalue weighted by Crippen LogP contribution is 2.24. The van der Waals surface area contributed by atoms with Gasteiger partial charge in [-0.15, -0.1) is 0 Å². The van der Waals surface area contributed by atoms with Gasteiger partial charge >= 0.3 is 5.97 Å². The lowest BCUT2D eigenvalue weighted by Gasteiger charge is -2.17. The minimum Gasteiger partial charge on any atom is -0.468 e. The predicted octanol–water partition coefficient (Wildman–Crippen LogP) is 3.70. The van der Waals surface area contributed by atoms with Gasteiger partial charge in [0.25, 0.3) is 0 Å². The van der Waals surface area contributed by atoms with Crippen LogP contribution in [0.1, 0.15) is 12.7 Å². The van der Waals surface area contributed by atoms with Crippen molar-refractivity contribution in [2.24, 2.45) is 0 Å². The number of carbonyl (C=O) groups is 1. The van der Waals surface area contributed by atoms with Crippen molar-refractivity contribution in [1.29, 1.82) is 0 Å². The van der Waals surface area contributed by atoms with Crippen LogP contribution in [0.15, 0.2) is 45.3 Å². The molecule has 0 bridgehead atoms. The number of ether oxygens (including phenoxy) is 1. The molecule has 0 spiro atoms. The summed E-state index contributed by atoms with van der Waals surface area (Å²) >= 11 is 3.41. The molecule has 0 atom stereocenters. The highest BCUT2D eigenvalue weighted by Gasteiger charge is 2.12. The zero-order valence-electron chi connectivity index (χ0n) is 12.1. The van der Waals surface area contributed by atoms with E-state index in [2.05, 4.69) is 15.9 Å². The maximum atomic E-state index is 11.3. The zero-order valence-corrected chi connectivity index (χ0v) is 13.7. The van der Waals surface area contributed by atoms with Crippen LogP contribution in [0.2, 0.25) is 0 Å². The Morgan fingerprint density at radius 1 is 1.24 bits per heavy atom. The van der Waals surface area contributed by atoms with Crippen LogP contribution >= 0.6 is 15.9 Å². The van der Waals surface area contributed by atoms with Crippen molar-refractivity contribution in [2.45, 2.75) is 13.5 Å². The van der Waals surface area contributed by atoms with Gasteiger partial charge in [-0.25, -0.2) is 0 Å². The SMILES string of the molecule is CCN(CC(=O)OC)Cc1ccc(-c2ccc(Br)cc2)o1. The summed E-state index contributed by atoms with van der Waals surface area (Å²) in [6.07, 6.45) is 0. The maximum Gasteiger partial charge on any atom is 0.319 e. The van der Waals surface area contributed by atoms with Gasteiger partial charge < -0.3 is 9.15 Å². The average Bonchev–Trinajstić information content (AvgIpc) is 2.95. The number of furan rings is 1. The molecule has 0 aliphatic heterocycles. The van der Waals surface area contributed by atoms with E-state index in [0.717, 1.165) is 28.1 Å². The number of esters is 1. The van der Waals surface area contributed by atoms with Gasteiger partial charge in [-0.1, -0.05) is 35.0 Å². The molecule has 0 amide bonds. The lowest BCUT2D eigenvalue weighted by atomic mass is 10.2. The van der Waals surface area contributed by atoms with E-state index in [-0.39, 0.29) is 12.5 Å². The second-order valence-electron chi connectivity index (χ2n) is 4.65. The second-order valence-corrected chi connectivity index (χ2v) is 5.57. The van der Waals surface area contributed by atoms with Crippen LogP contribution in [0.25, 0.3) is 11.3 Å². The van der Waals surface area contributed by atoms with Crippen LogP contribution in [0.5, 0.6) is 0 Å². The van der Waals surface area contributed by atoms with Gasteiger partial charge in [0, 0.05) is 10.0 Å². The van der Waals surface area contributed by atoms with E-state index in [1.165, 1.54) is 7.11 Å². The third kappa shape index (κ3) is 4.44. The minimum absolute atomic E-state index is 0.239. The number of rotatable bonds is 6. The van der Waals surface area contributed by atoms with Gasteiger partial charge in [0.15, 0.2) is 0 Å². The molecule has 0 N–H and O–H groups in total. The van der Waals surface area contributed by atoms with Gasteiger partial charge in [-0.2, -0.15) is 0 Å². The highest BCUT2D eigenvalue weighted by molar-refractivity contribution is 9.10. The van der Waals surface area contributed by atoms with Crippen LogP contribution < -0.4 is 0 Å². The molecular weight excluding hydrogens is 334 g/mol. The third-order valence-electron chi connectivity index (χ3n) is 3.20. The first-order valence-electron chi connectivity index (χ1n) is 6.76. The van der Waals surface area contributed by atoms with Crippen molar-refractivity contribution in [1.82, 2.24) is 4.90 Å². The van der Waals surface area contributed by atoms with Crippen LogP contribution in [-0.4, -0.2) is 31.1 Å². The van der Waals surface area contributed by atoms with E-state index in [1.807, 2.05) is 48.2 Å². The Bertz CT molecular complexity index is 592. The number of halogens is 1. The summed E-state index contributed by atoms with van der Waals surface area (Å²) in [5.41, 5.74) is 1.03. The van der Waals surface area contributed by atoms with Gasteiger partial charge in [-0.05, 0) is 30.8 Å². The third-order valence-corrected chi connectivity index (χ3v) is 3.73. The molecule has 0 aliphatic rings. The Balaban J connectivity index is 2.05. The van der Waals surface area contributed by atoms with Crippen molar-refractivity contribution in [2.75, 3.05) is 20.2 Å². The Labute approximate surface area is 132 Å². The Hall–Kier alpha value is -1.59. The number of benzene rings is 1. The average molecular weight is 352 g/mol. The van der Waals surface area contributed by atoms with Crippen LogP contribution in [0.4, 0.5) is 0 Å². The first-order valence-corrected chi connectivity index (χ1v) is 7.55. The number of methoxy groups -OCH3 is 1. The van der Waals surface area contributed by atoms with Gasteiger partial charge in [-0.3, -0.25) is 9.69 Å². The number of hydrogen-bond acceptors (Lipinski definition) is 4. The lowest BCUT2D eigenvalue weighted by Crippen LogP contribution is -2.29. The summed E-state index contributed by atoms with van der Waals surface area (Å²) < 4.78 is 11.6. The summed E-state index contributed by atoms with van der Waals surface area (Å²) in [6.45, 7) is 3.61. The monoisotopic (exact) mass is 351 g/mol. The van der Waals surface area contributed by atoms with E-state index >= 15 is 0 Å². The Morgan fingerprint density at radius 3 is 2.57 bits per heavy atom. The number of carbonyl (C=O) groups excluding carboxylic acids is 1. The summed E-state index contributed by atoms with van der Waals surface area (Å²) in [5.74, 6) is 1.42. The standard InChI is InChI=1S/C16H18BrNO3/c1-3-18(11-16(19)20-2)10-14-8-9-15(21-14)12-4-6-13(17)7-5-12/h4-9H,3,10-11H2,1-2H3. The molecule has 0 aliphatic carbocycles. The van der Waals surface area contributed by atoms with Gasteiger partial charge in [0.05, 0.1) is 20.2 Å². The van der Waals surface area contributed by atoms with Crippen molar-refractivity contribution >= 4 is 21.9 Å². The lowest BCUT2D eigenvalue weighted by molar-refractivity contribution is -0.142.